The Bertz CT molecular complexity index is 2750. The van der Waals surface area contributed by atoms with Crippen molar-refractivity contribution in [1.82, 2.24) is 9.55 Å². The minimum absolute atomic E-state index is 0.869. The molecule has 3 aromatic heterocycles. The Morgan fingerprint density at radius 1 is 0.511 bits per heavy atom. The van der Waals surface area contributed by atoms with Gasteiger partial charge in [0, 0.05) is 27.4 Å². The highest BCUT2D eigenvalue weighted by Gasteiger charge is 2.17. The molecule has 0 radical (unpaired) electrons. The maximum absolute atomic E-state index is 6.28. The summed E-state index contributed by atoms with van der Waals surface area (Å²) in [7, 11) is 0. The Morgan fingerprint density at radius 2 is 1.24 bits per heavy atom. The van der Waals surface area contributed by atoms with Crippen LogP contribution in [-0.4, -0.2) is 9.55 Å². The molecule has 0 spiro atoms. The number of para-hydroxylation sites is 1. The summed E-state index contributed by atoms with van der Waals surface area (Å²) in [5.74, 6) is 0. The van der Waals surface area contributed by atoms with E-state index in [-0.39, 0.29) is 0 Å². The number of furan rings is 1. The van der Waals surface area contributed by atoms with Gasteiger partial charge in [0.25, 0.3) is 0 Å². The molecule has 3 nitrogen and oxygen atoms in total. The average Bonchev–Trinajstić information content (AvgIpc) is 3.79. The van der Waals surface area contributed by atoms with E-state index in [0.29, 0.717) is 0 Å². The first-order valence-electron chi connectivity index (χ1n) is 15.1. The van der Waals surface area contributed by atoms with Crippen molar-refractivity contribution in [2.24, 2.45) is 0 Å². The molecular weight excluding hydrogens is 569 g/mol. The molecule has 0 fully saturated rings. The van der Waals surface area contributed by atoms with Crippen molar-refractivity contribution in [2.75, 3.05) is 0 Å². The predicted molar refractivity (Wildman–Crippen MR) is 190 cm³/mol. The molecule has 0 atom stereocenters. The highest BCUT2D eigenvalue weighted by atomic mass is 32.1. The molecule has 0 N–H and O–H groups in total. The Kier molecular flexibility index (Phi) is 5.16. The van der Waals surface area contributed by atoms with E-state index in [1.54, 1.807) is 11.3 Å². The summed E-state index contributed by atoms with van der Waals surface area (Å²) in [6.07, 6.45) is 0. The molecule has 0 amide bonds. The van der Waals surface area contributed by atoms with Crippen molar-refractivity contribution in [1.29, 1.82) is 0 Å². The molecule has 0 aliphatic heterocycles. The largest absolute Gasteiger partial charge is 0.456 e. The maximum atomic E-state index is 6.28. The molecule has 3 heterocycles. The van der Waals surface area contributed by atoms with Gasteiger partial charge in [-0.25, -0.2) is 4.98 Å². The fraction of sp³-hybridized carbons (Fsp3) is 0. The lowest BCUT2D eigenvalue weighted by molar-refractivity contribution is 0.669. The lowest BCUT2D eigenvalue weighted by atomic mass is 10.0. The van der Waals surface area contributed by atoms with Crippen molar-refractivity contribution in [2.45, 2.75) is 0 Å². The zero-order valence-corrected chi connectivity index (χ0v) is 24.9. The van der Waals surface area contributed by atoms with Crippen LogP contribution in [0.3, 0.4) is 0 Å². The molecule has 10 rings (SSSR count). The third-order valence-electron chi connectivity index (χ3n) is 9.01. The van der Waals surface area contributed by atoms with Crippen molar-refractivity contribution in [3.05, 3.63) is 146 Å². The second kappa shape index (κ2) is 9.39. The first-order valence-corrected chi connectivity index (χ1v) is 15.9. The van der Waals surface area contributed by atoms with Crippen LogP contribution in [0.1, 0.15) is 0 Å². The smallest absolute Gasteiger partial charge is 0.137 e. The van der Waals surface area contributed by atoms with Crippen LogP contribution in [0.5, 0.6) is 0 Å². The minimum Gasteiger partial charge on any atom is -0.456 e. The van der Waals surface area contributed by atoms with Gasteiger partial charge in [-0.3, -0.25) is 0 Å². The third-order valence-corrected chi connectivity index (χ3v) is 10.1. The fourth-order valence-corrected chi connectivity index (χ4v) is 7.85. The molecule has 210 valence electrons. The molecule has 0 saturated heterocycles. The number of hydrogen-bond donors (Lipinski definition) is 0. The van der Waals surface area contributed by atoms with Gasteiger partial charge in [-0.2, -0.15) is 0 Å². The number of aromatic nitrogens is 2. The maximum Gasteiger partial charge on any atom is 0.137 e. The third kappa shape index (κ3) is 3.73. The Labute approximate surface area is 262 Å². The van der Waals surface area contributed by atoms with Gasteiger partial charge in [-0.15, -0.1) is 11.3 Å². The molecule has 10 aromatic rings. The number of hydrogen-bond acceptors (Lipinski definition) is 3. The number of fused-ring (bicyclic) bond motifs is 9. The number of thiazole rings is 1. The van der Waals surface area contributed by atoms with E-state index in [1.165, 1.54) is 43.7 Å². The predicted octanol–water partition coefficient (Wildman–Crippen LogP) is 11.8. The van der Waals surface area contributed by atoms with Gasteiger partial charge in [0.05, 0.1) is 26.6 Å². The lowest BCUT2D eigenvalue weighted by Gasteiger charge is -2.09. The molecule has 0 saturated carbocycles. The van der Waals surface area contributed by atoms with E-state index in [0.717, 1.165) is 48.4 Å². The normalized spacial score (nSPS) is 12.0. The minimum atomic E-state index is 0.869. The second-order valence-electron chi connectivity index (χ2n) is 11.6. The van der Waals surface area contributed by atoms with Gasteiger partial charge in [0.1, 0.15) is 16.2 Å². The van der Waals surface area contributed by atoms with Gasteiger partial charge in [0.15, 0.2) is 0 Å². The summed E-state index contributed by atoms with van der Waals surface area (Å²) in [6.45, 7) is 0. The molecule has 7 aromatic carbocycles. The van der Waals surface area contributed by atoms with Crippen molar-refractivity contribution in [3.8, 4) is 27.4 Å². The standard InChI is InChI=1S/C41H24N2OS/c1-2-8-25(9-3-1)29-16-19-36-33(23-29)39-37(44-36)20-21-38-40(39)42-41(45-38)26-14-17-30(18-15-26)43-34-13-7-6-12-31(34)32-22-27-10-4-5-11-28(27)24-35(32)43/h1-24H. The second-order valence-corrected chi connectivity index (χ2v) is 12.6. The van der Waals surface area contributed by atoms with E-state index < -0.39 is 0 Å². The molecule has 0 aliphatic rings. The quantitative estimate of drug-likeness (QED) is 0.204. The SMILES string of the molecule is c1ccc(-c2ccc3oc4ccc5sc(-c6ccc(-n7c8ccccc8c8cc9ccccc9cc87)cc6)nc5c4c3c2)cc1. The Hall–Kier alpha value is -5.71. The molecule has 4 heteroatoms. The molecule has 45 heavy (non-hydrogen) atoms. The van der Waals surface area contributed by atoms with Crippen LogP contribution in [0.25, 0.3) is 92.1 Å². The number of benzene rings is 7. The summed E-state index contributed by atoms with van der Waals surface area (Å²) in [5, 5.41) is 8.22. The lowest BCUT2D eigenvalue weighted by Crippen LogP contribution is -1.93. The van der Waals surface area contributed by atoms with Crippen LogP contribution in [0, 0.1) is 0 Å². The Morgan fingerprint density at radius 3 is 2.11 bits per heavy atom. The van der Waals surface area contributed by atoms with Gasteiger partial charge >= 0.3 is 0 Å². The monoisotopic (exact) mass is 592 g/mol. The van der Waals surface area contributed by atoms with Crippen molar-refractivity contribution >= 4 is 76.1 Å². The highest BCUT2D eigenvalue weighted by Crippen LogP contribution is 2.41. The van der Waals surface area contributed by atoms with Crippen molar-refractivity contribution < 1.29 is 4.42 Å². The van der Waals surface area contributed by atoms with Crippen LogP contribution in [0.4, 0.5) is 0 Å². The fourth-order valence-electron chi connectivity index (χ4n) is 6.87. The molecule has 0 unspecified atom stereocenters. The number of rotatable bonds is 3. The van der Waals surface area contributed by atoms with E-state index in [1.807, 2.05) is 6.07 Å². The molecule has 0 bridgehead atoms. The van der Waals surface area contributed by atoms with Gasteiger partial charge in [0.2, 0.25) is 0 Å². The van der Waals surface area contributed by atoms with Crippen LogP contribution < -0.4 is 0 Å². The Balaban J connectivity index is 1.11. The van der Waals surface area contributed by atoms with E-state index >= 15 is 0 Å². The highest BCUT2D eigenvalue weighted by molar-refractivity contribution is 7.21. The van der Waals surface area contributed by atoms with Crippen molar-refractivity contribution in [3.63, 3.8) is 0 Å². The van der Waals surface area contributed by atoms with Crippen LogP contribution in [0.15, 0.2) is 150 Å². The van der Waals surface area contributed by atoms with Crippen LogP contribution in [-0.2, 0) is 0 Å². The van der Waals surface area contributed by atoms with Crippen LogP contribution in [0.2, 0.25) is 0 Å². The summed E-state index contributed by atoms with van der Waals surface area (Å²) < 4.78 is 9.82. The molecular formula is C41H24N2OS. The summed E-state index contributed by atoms with van der Waals surface area (Å²) in [6, 6.07) is 51.9. The van der Waals surface area contributed by atoms with Gasteiger partial charge < -0.3 is 8.98 Å². The zero-order chi connectivity index (χ0) is 29.5. The van der Waals surface area contributed by atoms with Gasteiger partial charge in [-0.05, 0) is 88.6 Å². The summed E-state index contributed by atoms with van der Waals surface area (Å²) in [5.41, 5.74) is 9.78. The first kappa shape index (κ1) is 24.7. The van der Waals surface area contributed by atoms with E-state index in [2.05, 4.69) is 144 Å². The average molecular weight is 593 g/mol. The van der Waals surface area contributed by atoms with E-state index in [4.69, 9.17) is 9.40 Å². The van der Waals surface area contributed by atoms with E-state index in [9.17, 15) is 0 Å². The van der Waals surface area contributed by atoms with Crippen LogP contribution >= 0.6 is 11.3 Å². The number of nitrogens with zero attached hydrogens (tertiary/aromatic N) is 2. The summed E-state index contributed by atoms with van der Waals surface area (Å²) >= 11 is 1.73. The first-order chi connectivity index (χ1) is 22.3. The molecule has 0 aliphatic carbocycles. The topological polar surface area (TPSA) is 31.0 Å². The van der Waals surface area contributed by atoms with Gasteiger partial charge in [-0.1, -0.05) is 78.9 Å². The zero-order valence-electron chi connectivity index (χ0n) is 24.1. The summed E-state index contributed by atoms with van der Waals surface area (Å²) in [4.78, 5) is 5.21.